The van der Waals surface area contributed by atoms with Gasteiger partial charge in [0.25, 0.3) is 0 Å². The summed E-state index contributed by atoms with van der Waals surface area (Å²) in [6.45, 7) is 3.37. The summed E-state index contributed by atoms with van der Waals surface area (Å²) in [5.74, 6) is -1.34. The molecule has 0 radical (unpaired) electrons. The van der Waals surface area contributed by atoms with E-state index in [1.807, 2.05) is 0 Å². The zero-order chi connectivity index (χ0) is 13.8. The molecule has 0 unspecified atom stereocenters. The first-order valence-corrected chi connectivity index (χ1v) is 7.22. The summed E-state index contributed by atoms with van der Waals surface area (Å²) >= 11 is 0. The van der Waals surface area contributed by atoms with Gasteiger partial charge in [0.2, 0.25) is 0 Å². The molecule has 0 aromatic heterocycles. The molecule has 0 aliphatic carbocycles. The predicted molar refractivity (Wildman–Crippen MR) is 64.5 cm³/mol. The van der Waals surface area contributed by atoms with Crippen molar-refractivity contribution < 1.29 is 22.3 Å². The topological polar surface area (TPSA) is 60.4 Å². The van der Waals surface area contributed by atoms with Crippen molar-refractivity contribution in [1.29, 1.82) is 0 Å². The molecule has 6 heteroatoms. The van der Waals surface area contributed by atoms with Gasteiger partial charge in [-0.3, -0.25) is 4.79 Å². The highest BCUT2D eigenvalue weighted by Crippen LogP contribution is 2.17. The third-order valence-corrected chi connectivity index (χ3v) is 4.14. The summed E-state index contributed by atoms with van der Waals surface area (Å²) in [6, 6.07) is 3.54. The molecule has 0 saturated carbocycles. The summed E-state index contributed by atoms with van der Waals surface area (Å²) in [5, 5.41) is 0. The normalized spacial score (nSPS) is 11.3. The molecule has 0 aliphatic rings. The van der Waals surface area contributed by atoms with Crippen molar-refractivity contribution in [3.05, 3.63) is 29.6 Å². The van der Waals surface area contributed by atoms with E-state index in [-0.39, 0.29) is 29.2 Å². The van der Waals surface area contributed by atoms with E-state index < -0.39 is 21.6 Å². The van der Waals surface area contributed by atoms with Crippen LogP contribution in [0, 0.1) is 5.82 Å². The number of carbonyl (C=O) groups excluding carboxylic acids is 1. The van der Waals surface area contributed by atoms with Gasteiger partial charge in [-0.05, 0) is 24.6 Å². The second kappa shape index (κ2) is 5.95. The zero-order valence-corrected chi connectivity index (χ0v) is 11.1. The smallest absolute Gasteiger partial charge is 0.310 e. The van der Waals surface area contributed by atoms with Crippen LogP contribution < -0.4 is 0 Å². The number of hydrogen-bond donors (Lipinski definition) is 0. The number of halogens is 1. The Morgan fingerprint density at radius 2 is 2.00 bits per heavy atom. The van der Waals surface area contributed by atoms with Gasteiger partial charge < -0.3 is 4.74 Å². The van der Waals surface area contributed by atoms with E-state index in [2.05, 4.69) is 0 Å². The van der Waals surface area contributed by atoms with Crippen LogP contribution in [-0.2, 0) is 25.8 Å². The summed E-state index contributed by atoms with van der Waals surface area (Å²) < 4.78 is 41.4. The Bertz CT molecular complexity index is 537. The molecule has 0 amide bonds. The highest BCUT2D eigenvalue weighted by atomic mass is 32.2. The standard InChI is InChI=1S/C12H15FO4S/c1-3-17-12(14)7-9-5-6-10(8-11(9)13)18(15,16)4-2/h5-6,8H,3-4,7H2,1-2H3. The molecule has 1 rings (SSSR count). The first-order chi connectivity index (χ1) is 8.40. The van der Waals surface area contributed by atoms with Crippen LogP contribution in [0.2, 0.25) is 0 Å². The molecule has 4 nitrogen and oxygen atoms in total. The van der Waals surface area contributed by atoms with E-state index in [0.717, 1.165) is 6.07 Å². The molecule has 1 aromatic carbocycles. The Balaban J connectivity index is 2.97. The van der Waals surface area contributed by atoms with Crippen molar-refractivity contribution >= 4 is 15.8 Å². The molecule has 100 valence electrons. The number of carbonyl (C=O) groups is 1. The van der Waals surface area contributed by atoms with E-state index in [0.29, 0.717) is 0 Å². The Kier molecular flexibility index (Phi) is 4.84. The Labute approximate surface area is 106 Å². The van der Waals surface area contributed by atoms with E-state index in [9.17, 15) is 17.6 Å². The molecule has 0 aliphatic heterocycles. The number of hydrogen-bond acceptors (Lipinski definition) is 4. The third kappa shape index (κ3) is 3.53. The molecule has 0 atom stereocenters. The first-order valence-electron chi connectivity index (χ1n) is 5.57. The lowest BCUT2D eigenvalue weighted by Gasteiger charge is -2.06. The van der Waals surface area contributed by atoms with Crippen LogP contribution in [0.15, 0.2) is 23.1 Å². The minimum absolute atomic E-state index is 0.0740. The lowest BCUT2D eigenvalue weighted by molar-refractivity contribution is -0.142. The number of benzene rings is 1. The Morgan fingerprint density at radius 3 is 2.50 bits per heavy atom. The van der Waals surface area contributed by atoms with E-state index in [1.54, 1.807) is 6.92 Å². The zero-order valence-electron chi connectivity index (χ0n) is 10.3. The van der Waals surface area contributed by atoms with Gasteiger partial charge in [-0.15, -0.1) is 0 Å². The van der Waals surface area contributed by atoms with Crippen molar-refractivity contribution in [2.75, 3.05) is 12.4 Å². The summed E-state index contributed by atoms with van der Waals surface area (Å²) in [4.78, 5) is 11.1. The fourth-order valence-corrected chi connectivity index (χ4v) is 2.29. The van der Waals surface area contributed by atoms with Gasteiger partial charge in [-0.2, -0.15) is 0 Å². The maximum absolute atomic E-state index is 13.6. The van der Waals surface area contributed by atoms with Gasteiger partial charge >= 0.3 is 5.97 Å². The van der Waals surface area contributed by atoms with Crippen LogP contribution in [-0.4, -0.2) is 26.7 Å². The fraction of sp³-hybridized carbons (Fsp3) is 0.417. The van der Waals surface area contributed by atoms with Gasteiger partial charge in [0.15, 0.2) is 9.84 Å². The van der Waals surface area contributed by atoms with Crippen LogP contribution in [0.5, 0.6) is 0 Å². The van der Waals surface area contributed by atoms with Crippen LogP contribution >= 0.6 is 0 Å². The minimum Gasteiger partial charge on any atom is -0.466 e. The molecule has 0 bridgehead atoms. The Hall–Kier alpha value is -1.43. The van der Waals surface area contributed by atoms with Crippen molar-refractivity contribution in [2.45, 2.75) is 25.2 Å². The summed E-state index contributed by atoms with van der Waals surface area (Å²) in [7, 11) is -3.43. The lowest BCUT2D eigenvalue weighted by Crippen LogP contribution is -2.10. The number of rotatable bonds is 5. The quantitative estimate of drug-likeness (QED) is 0.767. The highest BCUT2D eigenvalue weighted by molar-refractivity contribution is 7.91. The number of ether oxygens (including phenoxy) is 1. The number of esters is 1. The second-order valence-corrected chi connectivity index (χ2v) is 5.92. The van der Waals surface area contributed by atoms with Crippen molar-refractivity contribution in [1.82, 2.24) is 0 Å². The Morgan fingerprint density at radius 1 is 1.33 bits per heavy atom. The molecule has 18 heavy (non-hydrogen) atoms. The summed E-state index contributed by atoms with van der Waals surface area (Å²) in [5.41, 5.74) is 0.128. The molecule has 0 spiro atoms. The molecule has 0 fully saturated rings. The third-order valence-electron chi connectivity index (χ3n) is 2.40. The average molecular weight is 274 g/mol. The van der Waals surface area contributed by atoms with E-state index >= 15 is 0 Å². The maximum Gasteiger partial charge on any atom is 0.310 e. The van der Waals surface area contributed by atoms with Crippen molar-refractivity contribution in [3.63, 3.8) is 0 Å². The van der Waals surface area contributed by atoms with Gasteiger partial charge in [0, 0.05) is 0 Å². The van der Waals surface area contributed by atoms with Crippen molar-refractivity contribution in [2.24, 2.45) is 0 Å². The van der Waals surface area contributed by atoms with Gasteiger partial charge in [0.05, 0.1) is 23.7 Å². The molecule has 0 heterocycles. The highest BCUT2D eigenvalue weighted by Gasteiger charge is 2.15. The van der Waals surface area contributed by atoms with Gasteiger partial charge in [-0.1, -0.05) is 13.0 Å². The summed E-state index contributed by atoms with van der Waals surface area (Å²) in [6.07, 6.45) is -0.202. The molecular weight excluding hydrogens is 259 g/mol. The largest absolute Gasteiger partial charge is 0.466 e. The van der Waals surface area contributed by atoms with Gasteiger partial charge in [-0.25, -0.2) is 12.8 Å². The molecule has 1 aromatic rings. The van der Waals surface area contributed by atoms with Crippen LogP contribution in [0.3, 0.4) is 0 Å². The molecule has 0 N–H and O–H groups in total. The molecule has 0 saturated heterocycles. The van der Waals surface area contributed by atoms with Crippen LogP contribution in [0.4, 0.5) is 4.39 Å². The monoisotopic (exact) mass is 274 g/mol. The SMILES string of the molecule is CCOC(=O)Cc1ccc(S(=O)(=O)CC)cc1F. The van der Waals surface area contributed by atoms with Crippen molar-refractivity contribution in [3.8, 4) is 0 Å². The van der Waals surface area contributed by atoms with Gasteiger partial charge in [0.1, 0.15) is 5.82 Å². The average Bonchev–Trinajstić information content (AvgIpc) is 2.32. The predicted octanol–water partition coefficient (Wildman–Crippen LogP) is 1.72. The fourth-order valence-electron chi connectivity index (χ4n) is 1.40. The lowest BCUT2D eigenvalue weighted by atomic mass is 10.1. The molecular formula is C12H15FO4S. The second-order valence-electron chi connectivity index (χ2n) is 3.64. The van der Waals surface area contributed by atoms with Crippen LogP contribution in [0.1, 0.15) is 19.4 Å². The van der Waals surface area contributed by atoms with E-state index in [1.165, 1.54) is 19.1 Å². The van der Waals surface area contributed by atoms with E-state index in [4.69, 9.17) is 4.74 Å². The number of sulfone groups is 1. The first kappa shape index (κ1) is 14.6. The minimum atomic E-state index is -3.43. The van der Waals surface area contributed by atoms with Crippen LogP contribution in [0.25, 0.3) is 0 Å². The maximum atomic E-state index is 13.6.